The Balaban J connectivity index is 1.43. The molecule has 3 aliphatic rings. The SMILES string of the molecule is CC1(C(=O)O)CCC(n2ncc(C(=O)NC(CC(=O)c3c(Cl)cncc3Cl)C34CCC(CC3)O4)c2C(F)(F)F)CC1. The minimum atomic E-state index is -4.92. The van der Waals surface area contributed by atoms with Gasteiger partial charge in [0.25, 0.3) is 5.91 Å². The minimum absolute atomic E-state index is 0.0148. The van der Waals surface area contributed by atoms with Crippen molar-refractivity contribution in [2.24, 2.45) is 5.41 Å². The normalized spacial score (nSPS) is 28.4. The van der Waals surface area contributed by atoms with Crippen LogP contribution in [0.15, 0.2) is 18.6 Å². The molecular weight excluding hydrogens is 588 g/mol. The molecule has 2 aromatic rings. The highest BCUT2D eigenvalue weighted by atomic mass is 35.5. The van der Waals surface area contributed by atoms with E-state index in [1.165, 1.54) is 12.4 Å². The Morgan fingerprint density at radius 3 is 2.22 bits per heavy atom. The van der Waals surface area contributed by atoms with Crippen LogP contribution in [0.2, 0.25) is 10.0 Å². The lowest BCUT2D eigenvalue weighted by molar-refractivity contribution is -0.152. The van der Waals surface area contributed by atoms with Crippen LogP contribution in [0.3, 0.4) is 0 Å². The number of hydrogen-bond donors (Lipinski definition) is 2. The van der Waals surface area contributed by atoms with Gasteiger partial charge < -0.3 is 15.2 Å². The summed E-state index contributed by atoms with van der Waals surface area (Å²) in [4.78, 5) is 42.3. The Labute approximate surface area is 243 Å². The highest BCUT2D eigenvalue weighted by Crippen LogP contribution is 2.47. The van der Waals surface area contributed by atoms with Crippen LogP contribution in [0.5, 0.6) is 0 Å². The topological polar surface area (TPSA) is 123 Å². The Bertz CT molecular complexity index is 1340. The van der Waals surface area contributed by atoms with E-state index in [0.29, 0.717) is 25.7 Å². The molecule has 14 heteroatoms. The summed E-state index contributed by atoms with van der Waals surface area (Å²) in [6, 6.07) is -1.67. The first-order valence-electron chi connectivity index (χ1n) is 13.4. The standard InChI is InChI=1S/C27H29Cl2F3N4O5/c1-25(24(39)40)6-2-14(3-7-25)36-22(27(30,31)32)16(11-34-36)23(38)35-20(26-8-4-15(41-26)5-9-26)10-19(37)21-17(28)12-33-13-18(21)29/h11-15,20H,2-10H2,1H3,(H,35,38)(H,39,40). The number of nitrogens with zero attached hydrogens (tertiary/aromatic N) is 3. The zero-order valence-corrected chi connectivity index (χ0v) is 23.7. The molecule has 1 atom stereocenters. The zero-order valence-electron chi connectivity index (χ0n) is 22.1. The van der Waals surface area contributed by atoms with E-state index in [1.54, 1.807) is 6.92 Å². The number of pyridine rings is 1. The highest BCUT2D eigenvalue weighted by Gasteiger charge is 2.53. The van der Waals surface area contributed by atoms with E-state index in [1.807, 2.05) is 0 Å². The van der Waals surface area contributed by atoms with Crippen molar-refractivity contribution in [3.8, 4) is 0 Å². The van der Waals surface area contributed by atoms with E-state index < -0.39 is 58.2 Å². The molecule has 9 nitrogen and oxygen atoms in total. The van der Waals surface area contributed by atoms with Gasteiger partial charge in [0, 0.05) is 18.8 Å². The number of alkyl halides is 3. The van der Waals surface area contributed by atoms with E-state index in [4.69, 9.17) is 27.9 Å². The summed E-state index contributed by atoms with van der Waals surface area (Å²) in [5, 5.41) is 16.2. The number of amides is 1. The summed E-state index contributed by atoms with van der Waals surface area (Å²) in [6.07, 6.45) is 1.30. The number of hydrogen-bond acceptors (Lipinski definition) is 6. The molecule has 41 heavy (non-hydrogen) atoms. The number of carbonyl (C=O) groups is 3. The second-order valence-corrected chi connectivity index (χ2v) is 12.3. The number of carboxylic acids is 1. The number of carbonyl (C=O) groups excluding carboxylic acids is 2. The molecule has 2 aliphatic heterocycles. The van der Waals surface area contributed by atoms with Crippen LogP contribution in [-0.4, -0.2) is 55.3 Å². The van der Waals surface area contributed by atoms with Crippen molar-refractivity contribution < 1.29 is 37.4 Å². The number of Topliss-reactive ketones (excluding diaryl/α,β-unsaturated/α-hetero) is 1. The van der Waals surface area contributed by atoms with Crippen molar-refractivity contribution in [1.29, 1.82) is 0 Å². The van der Waals surface area contributed by atoms with Crippen molar-refractivity contribution in [1.82, 2.24) is 20.1 Å². The monoisotopic (exact) mass is 616 g/mol. The fourth-order valence-corrected chi connectivity index (χ4v) is 7.01. The second-order valence-electron chi connectivity index (χ2n) is 11.5. The molecule has 1 unspecified atom stereocenters. The molecule has 2 aromatic heterocycles. The van der Waals surface area contributed by atoms with E-state index in [2.05, 4.69) is 15.4 Å². The number of rotatable bonds is 8. The minimum Gasteiger partial charge on any atom is -0.481 e. The molecule has 2 N–H and O–H groups in total. The van der Waals surface area contributed by atoms with Crippen LogP contribution >= 0.6 is 23.2 Å². The summed E-state index contributed by atoms with van der Waals surface area (Å²) in [6.45, 7) is 1.57. The molecule has 3 fully saturated rings. The lowest BCUT2D eigenvalue weighted by Gasteiger charge is -2.35. The zero-order chi connectivity index (χ0) is 29.7. The second kappa shape index (κ2) is 10.9. The highest BCUT2D eigenvalue weighted by molar-refractivity contribution is 6.39. The van der Waals surface area contributed by atoms with Crippen LogP contribution in [0.1, 0.15) is 97.2 Å². The van der Waals surface area contributed by atoms with Crippen LogP contribution in [0.25, 0.3) is 0 Å². The van der Waals surface area contributed by atoms with E-state index >= 15 is 0 Å². The maximum absolute atomic E-state index is 14.4. The molecule has 4 heterocycles. The summed E-state index contributed by atoms with van der Waals surface area (Å²) < 4.78 is 50.1. The summed E-state index contributed by atoms with van der Waals surface area (Å²) in [5.41, 5.74) is -3.81. The number of ether oxygens (including phenoxy) is 1. The maximum atomic E-state index is 14.4. The molecule has 5 rings (SSSR count). The molecule has 2 bridgehead atoms. The molecule has 0 aromatic carbocycles. The van der Waals surface area contributed by atoms with Crippen LogP contribution in [0.4, 0.5) is 13.2 Å². The Morgan fingerprint density at radius 1 is 1.10 bits per heavy atom. The van der Waals surface area contributed by atoms with Crippen molar-refractivity contribution >= 4 is 40.9 Å². The van der Waals surface area contributed by atoms with Crippen LogP contribution in [0, 0.1) is 5.41 Å². The number of nitrogens with one attached hydrogen (secondary N) is 1. The number of fused-ring (bicyclic) bond motifs is 2. The summed E-state index contributed by atoms with van der Waals surface area (Å²) in [7, 11) is 0. The third-order valence-electron chi connectivity index (χ3n) is 8.87. The van der Waals surface area contributed by atoms with Crippen LogP contribution < -0.4 is 5.32 Å². The third kappa shape index (κ3) is 5.58. The first-order chi connectivity index (χ1) is 19.2. The largest absolute Gasteiger partial charge is 0.481 e. The summed E-state index contributed by atoms with van der Waals surface area (Å²) in [5.74, 6) is -2.53. The number of carboxylic acid groups (broad SMARTS) is 1. The van der Waals surface area contributed by atoms with Crippen molar-refractivity contribution in [2.75, 3.05) is 0 Å². The first kappa shape index (κ1) is 29.8. The van der Waals surface area contributed by atoms with Crippen molar-refractivity contribution in [3.63, 3.8) is 0 Å². The average Bonchev–Trinajstić information content (AvgIpc) is 3.64. The van der Waals surface area contributed by atoms with Crippen LogP contribution in [-0.2, 0) is 15.7 Å². The smallest absolute Gasteiger partial charge is 0.433 e. The van der Waals surface area contributed by atoms with Gasteiger partial charge in [0.15, 0.2) is 11.5 Å². The van der Waals surface area contributed by atoms with Gasteiger partial charge in [-0.2, -0.15) is 18.3 Å². The lowest BCUT2D eigenvalue weighted by atomic mass is 9.74. The molecule has 2 saturated heterocycles. The van der Waals surface area contributed by atoms with Gasteiger partial charge in [-0.25, -0.2) is 0 Å². The fraction of sp³-hybridized carbons (Fsp3) is 0.593. The van der Waals surface area contributed by atoms with Crippen molar-refractivity contribution in [2.45, 2.75) is 94.7 Å². The Kier molecular flexibility index (Phi) is 7.88. The number of aliphatic carboxylic acids is 1. The molecule has 1 saturated carbocycles. The van der Waals surface area contributed by atoms with Gasteiger partial charge in [0.1, 0.15) is 0 Å². The van der Waals surface area contributed by atoms with Gasteiger partial charge in [-0.05, 0) is 58.3 Å². The number of halogens is 5. The van der Waals surface area contributed by atoms with Gasteiger partial charge in [0.05, 0.1) is 56.6 Å². The molecular formula is C27H29Cl2F3N4O5. The molecule has 1 aliphatic carbocycles. The first-order valence-corrected chi connectivity index (χ1v) is 14.2. The van der Waals surface area contributed by atoms with Gasteiger partial charge in [0.2, 0.25) is 0 Å². The van der Waals surface area contributed by atoms with Gasteiger partial charge in [-0.1, -0.05) is 23.2 Å². The Morgan fingerprint density at radius 2 is 1.71 bits per heavy atom. The Hall–Kier alpha value is -2.70. The molecule has 1 amide bonds. The van der Waals surface area contributed by atoms with E-state index in [9.17, 15) is 32.7 Å². The molecule has 0 spiro atoms. The molecule has 0 radical (unpaired) electrons. The fourth-order valence-electron chi connectivity index (χ4n) is 6.43. The predicted molar refractivity (Wildman–Crippen MR) is 141 cm³/mol. The van der Waals surface area contributed by atoms with Gasteiger partial charge >= 0.3 is 12.1 Å². The number of aromatic nitrogens is 3. The van der Waals surface area contributed by atoms with Gasteiger partial charge in [-0.3, -0.25) is 24.0 Å². The van der Waals surface area contributed by atoms with E-state index in [-0.39, 0.29) is 53.8 Å². The van der Waals surface area contributed by atoms with E-state index in [0.717, 1.165) is 10.9 Å². The third-order valence-corrected chi connectivity index (χ3v) is 9.45. The van der Waals surface area contributed by atoms with Gasteiger partial charge in [-0.15, -0.1) is 0 Å². The predicted octanol–water partition coefficient (Wildman–Crippen LogP) is 5.89. The lowest BCUT2D eigenvalue weighted by Crippen LogP contribution is -2.52. The maximum Gasteiger partial charge on any atom is 0.433 e. The summed E-state index contributed by atoms with van der Waals surface area (Å²) >= 11 is 12.3. The number of ketones is 1. The quantitative estimate of drug-likeness (QED) is 0.354. The molecule has 222 valence electrons. The average molecular weight is 617 g/mol. The van der Waals surface area contributed by atoms with Crippen molar-refractivity contribution in [3.05, 3.63) is 45.5 Å².